The van der Waals surface area contributed by atoms with Crippen LogP contribution in [-0.4, -0.2) is 17.3 Å². The van der Waals surface area contributed by atoms with Crippen LogP contribution in [0.2, 0.25) is 0 Å². The molecule has 1 aliphatic rings. The number of allylic oxidation sites excluding steroid dienone is 4. The fourth-order valence-corrected chi connectivity index (χ4v) is 1.13. The normalized spacial score (nSPS) is 13.0. The molecule has 17 heavy (non-hydrogen) atoms. The van der Waals surface area contributed by atoms with E-state index < -0.39 is 0 Å². The van der Waals surface area contributed by atoms with Gasteiger partial charge < -0.3 is 5.41 Å². The molecule has 1 N–H and O–H groups in total. The van der Waals surface area contributed by atoms with Crippen molar-refractivity contribution < 1.29 is 9.59 Å². The lowest BCUT2D eigenvalue weighted by molar-refractivity contribution is -0.110. The molecule has 86 valence electrons. The van der Waals surface area contributed by atoms with Crippen molar-refractivity contribution in [1.82, 2.24) is 0 Å². The molecule has 0 atom stereocenters. The number of Topliss-reactive ketones (excluding diaryl/α,β-unsaturated/α-hetero) is 1. The summed E-state index contributed by atoms with van der Waals surface area (Å²) in [5, 5.41) is 6.95. The molecule has 1 aromatic rings. The maximum Gasteiger partial charge on any atom is 0.178 e. The van der Waals surface area contributed by atoms with E-state index in [-0.39, 0.29) is 11.6 Å². The summed E-state index contributed by atoms with van der Waals surface area (Å²) in [7, 11) is 0. The summed E-state index contributed by atoms with van der Waals surface area (Å²) in [6, 6.07) is 9.23. The molecular weight excluding hydrogens is 214 g/mol. The van der Waals surface area contributed by atoms with Crippen LogP contribution in [0.1, 0.15) is 17.3 Å². The van der Waals surface area contributed by atoms with Gasteiger partial charge in [0.25, 0.3) is 0 Å². The van der Waals surface area contributed by atoms with Gasteiger partial charge in [-0.05, 0) is 31.2 Å². The second-order valence-corrected chi connectivity index (χ2v) is 3.45. The van der Waals surface area contributed by atoms with Crippen LogP contribution in [0.4, 0.5) is 0 Å². The quantitative estimate of drug-likeness (QED) is 0.592. The van der Waals surface area contributed by atoms with Crippen molar-refractivity contribution in [2.24, 2.45) is 0 Å². The summed E-state index contributed by atoms with van der Waals surface area (Å²) in [5.74, 6) is 0.0802. The Labute approximate surface area is 100.0 Å². The predicted octanol–water partition coefficient (Wildman–Crippen LogP) is 2.59. The molecule has 0 spiro atoms. The molecule has 0 bridgehead atoms. The molecule has 1 aliphatic carbocycles. The molecule has 2 rings (SSSR count). The second-order valence-electron chi connectivity index (χ2n) is 3.45. The molecular formula is C14H13NO2. The van der Waals surface area contributed by atoms with E-state index in [0.717, 1.165) is 5.56 Å². The standard InChI is InChI=1S/C8H8O.C6H5NO/c1-7(9)8-5-3-2-4-6-8;7-5-1-3-6(8)4-2-5/h2-6H,1H3;1-4,7H. The zero-order valence-electron chi connectivity index (χ0n) is 9.51. The summed E-state index contributed by atoms with van der Waals surface area (Å²) in [6.07, 6.45) is 5.70. The molecule has 0 radical (unpaired) electrons. The summed E-state index contributed by atoms with van der Waals surface area (Å²) >= 11 is 0. The Bertz CT molecular complexity index is 446. The average Bonchev–Trinajstić information content (AvgIpc) is 2.35. The molecule has 0 unspecified atom stereocenters. The highest BCUT2D eigenvalue weighted by molar-refractivity contribution is 6.15. The van der Waals surface area contributed by atoms with Crippen LogP contribution in [-0.2, 0) is 4.79 Å². The number of rotatable bonds is 1. The third kappa shape index (κ3) is 4.84. The van der Waals surface area contributed by atoms with Crippen LogP contribution < -0.4 is 0 Å². The van der Waals surface area contributed by atoms with Crippen LogP contribution in [0.5, 0.6) is 0 Å². The van der Waals surface area contributed by atoms with Gasteiger partial charge in [0.05, 0.1) is 5.71 Å². The molecule has 0 fully saturated rings. The molecule has 0 aromatic heterocycles. The zero-order chi connectivity index (χ0) is 12.7. The average molecular weight is 227 g/mol. The van der Waals surface area contributed by atoms with Gasteiger partial charge in [-0.25, -0.2) is 0 Å². The van der Waals surface area contributed by atoms with Gasteiger partial charge in [0.1, 0.15) is 0 Å². The maximum atomic E-state index is 10.6. The Morgan fingerprint density at radius 2 is 1.53 bits per heavy atom. The van der Waals surface area contributed by atoms with Crippen molar-refractivity contribution in [1.29, 1.82) is 5.41 Å². The number of hydrogen-bond donors (Lipinski definition) is 1. The van der Waals surface area contributed by atoms with Crippen molar-refractivity contribution >= 4 is 17.3 Å². The van der Waals surface area contributed by atoms with Crippen molar-refractivity contribution in [3.8, 4) is 0 Å². The van der Waals surface area contributed by atoms with Gasteiger partial charge in [0.2, 0.25) is 0 Å². The highest BCUT2D eigenvalue weighted by Crippen LogP contribution is 1.97. The number of carbonyl (C=O) groups excluding carboxylic acids is 2. The van der Waals surface area contributed by atoms with E-state index >= 15 is 0 Å². The molecule has 3 heteroatoms. The first-order chi connectivity index (χ1) is 8.09. The largest absolute Gasteiger partial charge is 0.301 e. The molecule has 0 amide bonds. The summed E-state index contributed by atoms with van der Waals surface area (Å²) in [6.45, 7) is 1.56. The lowest BCUT2D eigenvalue weighted by atomic mass is 10.2. The van der Waals surface area contributed by atoms with E-state index in [4.69, 9.17) is 5.41 Å². The van der Waals surface area contributed by atoms with E-state index in [1.807, 2.05) is 30.3 Å². The Hall–Kier alpha value is -2.29. The first-order valence-corrected chi connectivity index (χ1v) is 5.14. The second kappa shape index (κ2) is 6.33. The predicted molar refractivity (Wildman–Crippen MR) is 67.5 cm³/mol. The Morgan fingerprint density at radius 1 is 1.00 bits per heavy atom. The van der Waals surface area contributed by atoms with E-state index in [9.17, 15) is 9.59 Å². The monoisotopic (exact) mass is 227 g/mol. The van der Waals surface area contributed by atoms with Crippen molar-refractivity contribution in [3.05, 3.63) is 60.2 Å². The minimum Gasteiger partial charge on any atom is -0.301 e. The lowest BCUT2D eigenvalue weighted by Crippen LogP contribution is -1.96. The highest BCUT2D eigenvalue weighted by Gasteiger charge is 1.95. The summed E-state index contributed by atoms with van der Waals surface area (Å²) in [4.78, 5) is 21.0. The third-order valence-electron chi connectivity index (χ3n) is 2.03. The zero-order valence-corrected chi connectivity index (χ0v) is 9.51. The van der Waals surface area contributed by atoms with E-state index in [0.29, 0.717) is 5.71 Å². The van der Waals surface area contributed by atoms with Gasteiger partial charge >= 0.3 is 0 Å². The minimum absolute atomic E-state index is 0.0407. The molecule has 0 heterocycles. The van der Waals surface area contributed by atoms with Crippen molar-refractivity contribution in [3.63, 3.8) is 0 Å². The number of carbonyl (C=O) groups is 2. The molecule has 0 saturated heterocycles. The van der Waals surface area contributed by atoms with E-state index in [2.05, 4.69) is 0 Å². The summed E-state index contributed by atoms with van der Waals surface area (Å²) < 4.78 is 0. The number of hydrogen-bond acceptors (Lipinski definition) is 3. The van der Waals surface area contributed by atoms with E-state index in [1.54, 1.807) is 6.92 Å². The lowest BCUT2D eigenvalue weighted by Gasteiger charge is -1.90. The minimum atomic E-state index is -0.0407. The van der Waals surface area contributed by atoms with Gasteiger partial charge in [0, 0.05) is 5.56 Å². The van der Waals surface area contributed by atoms with Gasteiger partial charge in [0.15, 0.2) is 11.6 Å². The molecule has 3 nitrogen and oxygen atoms in total. The van der Waals surface area contributed by atoms with Crippen LogP contribution in [0, 0.1) is 5.41 Å². The van der Waals surface area contributed by atoms with Gasteiger partial charge in [-0.15, -0.1) is 0 Å². The number of nitrogens with one attached hydrogen (secondary N) is 1. The Balaban J connectivity index is 0.000000171. The maximum absolute atomic E-state index is 10.6. The Kier molecular flexibility index (Phi) is 4.76. The fraction of sp³-hybridized carbons (Fsp3) is 0.0714. The smallest absolute Gasteiger partial charge is 0.178 e. The van der Waals surface area contributed by atoms with Crippen LogP contribution in [0.15, 0.2) is 54.6 Å². The van der Waals surface area contributed by atoms with Gasteiger partial charge in [-0.3, -0.25) is 9.59 Å². The van der Waals surface area contributed by atoms with Crippen molar-refractivity contribution in [2.45, 2.75) is 6.92 Å². The van der Waals surface area contributed by atoms with Crippen LogP contribution >= 0.6 is 0 Å². The van der Waals surface area contributed by atoms with Gasteiger partial charge in [-0.2, -0.15) is 0 Å². The Morgan fingerprint density at radius 3 is 1.88 bits per heavy atom. The topological polar surface area (TPSA) is 58.0 Å². The molecule has 0 saturated carbocycles. The van der Waals surface area contributed by atoms with Gasteiger partial charge in [-0.1, -0.05) is 30.3 Å². The first-order valence-electron chi connectivity index (χ1n) is 5.14. The summed E-state index contributed by atoms with van der Waals surface area (Å²) in [5.41, 5.74) is 1.15. The molecule has 0 aliphatic heterocycles. The van der Waals surface area contributed by atoms with Crippen molar-refractivity contribution in [2.75, 3.05) is 0 Å². The van der Waals surface area contributed by atoms with Crippen LogP contribution in [0.3, 0.4) is 0 Å². The van der Waals surface area contributed by atoms with E-state index in [1.165, 1.54) is 24.3 Å². The highest BCUT2D eigenvalue weighted by atomic mass is 16.1. The van der Waals surface area contributed by atoms with Crippen LogP contribution in [0.25, 0.3) is 0 Å². The molecule has 1 aromatic carbocycles. The third-order valence-corrected chi connectivity index (χ3v) is 2.03. The fourth-order valence-electron chi connectivity index (χ4n) is 1.13. The first kappa shape index (κ1) is 12.8. The number of ketones is 2. The number of benzene rings is 1. The SMILES string of the molecule is CC(=O)c1ccccc1.N=C1C=CC(=O)C=C1.